The van der Waals surface area contributed by atoms with Crippen molar-refractivity contribution >= 4 is 39.4 Å². The summed E-state index contributed by atoms with van der Waals surface area (Å²) in [5.74, 6) is -2.51. The number of pyridine rings is 2. The van der Waals surface area contributed by atoms with Gasteiger partial charge in [0.15, 0.2) is 0 Å². The quantitative estimate of drug-likeness (QED) is 0.295. The number of carboxylic acid groups (broad SMARTS) is 2. The summed E-state index contributed by atoms with van der Waals surface area (Å²) < 4.78 is 0. The van der Waals surface area contributed by atoms with Gasteiger partial charge in [-0.1, -0.05) is 30.3 Å². The van der Waals surface area contributed by atoms with E-state index in [4.69, 9.17) is 0 Å². The van der Waals surface area contributed by atoms with E-state index in [0.717, 1.165) is 0 Å². The Morgan fingerprint density at radius 2 is 1.57 bits per heavy atom. The second kappa shape index (κ2) is 6.89. The molecule has 0 saturated carbocycles. The number of aromatic nitrogens is 2. The Labute approximate surface area is 168 Å². The summed E-state index contributed by atoms with van der Waals surface area (Å²) in [6, 6.07) is 12.3. The highest BCUT2D eigenvalue weighted by Crippen LogP contribution is 2.34. The van der Waals surface area contributed by atoms with Crippen LogP contribution < -0.4 is 0 Å². The number of hydrogen-bond acceptors (Lipinski definition) is 6. The topological polar surface area (TPSA) is 144 Å². The molecule has 0 spiro atoms. The Bertz CT molecular complexity index is 1400. The predicted molar refractivity (Wildman–Crippen MR) is 108 cm³/mol. The maximum atomic E-state index is 11.7. The van der Waals surface area contributed by atoms with E-state index in [1.165, 1.54) is 18.2 Å². The zero-order valence-electron chi connectivity index (χ0n) is 15.5. The van der Waals surface area contributed by atoms with Gasteiger partial charge in [-0.25, -0.2) is 19.6 Å². The van der Waals surface area contributed by atoms with Gasteiger partial charge in [-0.2, -0.15) is 0 Å². The van der Waals surface area contributed by atoms with Crippen LogP contribution in [0.4, 0.5) is 5.69 Å². The van der Waals surface area contributed by atoms with Crippen molar-refractivity contribution in [3.05, 3.63) is 75.6 Å². The average Bonchev–Trinajstić information content (AvgIpc) is 2.72. The molecule has 0 aliphatic carbocycles. The maximum Gasteiger partial charge on any atom is 0.354 e. The Hall–Kier alpha value is -4.40. The van der Waals surface area contributed by atoms with Gasteiger partial charge in [0, 0.05) is 22.4 Å². The fraction of sp³-hybridized carbons (Fsp3) is 0.0476. The molecule has 9 nitrogen and oxygen atoms in total. The first-order valence-corrected chi connectivity index (χ1v) is 8.73. The van der Waals surface area contributed by atoms with Crippen LogP contribution >= 0.6 is 0 Å². The van der Waals surface area contributed by atoms with Crippen LogP contribution in [0.2, 0.25) is 0 Å². The summed E-state index contributed by atoms with van der Waals surface area (Å²) in [5.41, 5.74) is 1.19. The van der Waals surface area contributed by atoms with Crippen molar-refractivity contribution in [1.82, 2.24) is 9.97 Å². The first kappa shape index (κ1) is 18.9. The highest BCUT2D eigenvalue weighted by Gasteiger charge is 2.18. The molecule has 0 aliphatic rings. The first-order valence-electron chi connectivity index (χ1n) is 8.73. The van der Waals surface area contributed by atoms with Crippen molar-refractivity contribution in [2.45, 2.75) is 6.92 Å². The van der Waals surface area contributed by atoms with Gasteiger partial charge < -0.3 is 10.2 Å². The van der Waals surface area contributed by atoms with Crippen molar-refractivity contribution < 1.29 is 24.7 Å². The van der Waals surface area contributed by atoms with Crippen LogP contribution in [0.3, 0.4) is 0 Å². The molecule has 9 heteroatoms. The van der Waals surface area contributed by atoms with E-state index in [9.17, 15) is 29.9 Å². The van der Waals surface area contributed by atoms with Gasteiger partial charge in [0.2, 0.25) is 0 Å². The number of rotatable bonds is 4. The molecular weight excluding hydrogens is 390 g/mol. The van der Waals surface area contributed by atoms with E-state index in [1.54, 1.807) is 37.3 Å². The molecule has 2 aromatic heterocycles. The van der Waals surface area contributed by atoms with Crippen molar-refractivity contribution in [3.8, 4) is 11.1 Å². The Balaban J connectivity index is 2.12. The van der Waals surface area contributed by atoms with Gasteiger partial charge in [-0.05, 0) is 30.2 Å². The number of carboxylic acids is 2. The fourth-order valence-corrected chi connectivity index (χ4v) is 3.31. The summed E-state index contributed by atoms with van der Waals surface area (Å²) in [5, 5.41) is 31.2. The number of aryl methyl sites for hydroxylation is 1. The molecule has 148 valence electrons. The second-order valence-corrected chi connectivity index (χ2v) is 6.65. The lowest BCUT2D eigenvalue weighted by Crippen LogP contribution is -2.04. The number of nitrogens with zero attached hydrogens (tertiary/aromatic N) is 3. The van der Waals surface area contributed by atoms with Gasteiger partial charge in [0.05, 0.1) is 16.0 Å². The van der Waals surface area contributed by atoms with Crippen LogP contribution in [-0.2, 0) is 0 Å². The number of fused-ring (bicyclic) bond motifs is 3. The molecule has 0 bridgehead atoms. The van der Waals surface area contributed by atoms with Gasteiger partial charge in [0.25, 0.3) is 5.69 Å². The minimum Gasteiger partial charge on any atom is -0.477 e. The van der Waals surface area contributed by atoms with Gasteiger partial charge in [-0.15, -0.1) is 0 Å². The summed E-state index contributed by atoms with van der Waals surface area (Å²) in [6.45, 7) is 1.61. The van der Waals surface area contributed by atoms with E-state index in [2.05, 4.69) is 9.97 Å². The smallest absolute Gasteiger partial charge is 0.354 e. The molecule has 0 saturated heterocycles. The molecular formula is C21H13N3O6. The van der Waals surface area contributed by atoms with Crippen LogP contribution in [-0.4, -0.2) is 37.0 Å². The van der Waals surface area contributed by atoms with Crippen molar-refractivity contribution in [2.75, 3.05) is 0 Å². The van der Waals surface area contributed by atoms with Gasteiger partial charge >= 0.3 is 11.9 Å². The zero-order valence-corrected chi connectivity index (χ0v) is 15.5. The van der Waals surface area contributed by atoms with Gasteiger partial charge in [0.1, 0.15) is 11.4 Å². The van der Waals surface area contributed by atoms with E-state index >= 15 is 0 Å². The first-order chi connectivity index (χ1) is 14.3. The number of benzene rings is 2. The normalized spacial score (nSPS) is 11.0. The Morgan fingerprint density at radius 1 is 0.900 bits per heavy atom. The summed E-state index contributed by atoms with van der Waals surface area (Å²) in [7, 11) is 0. The monoisotopic (exact) mass is 403 g/mol. The summed E-state index contributed by atoms with van der Waals surface area (Å²) in [6.07, 6.45) is 0. The Morgan fingerprint density at radius 3 is 2.23 bits per heavy atom. The highest BCUT2D eigenvalue weighted by molar-refractivity contribution is 6.10. The van der Waals surface area contributed by atoms with Crippen LogP contribution in [0.15, 0.2) is 48.5 Å². The van der Waals surface area contributed by atoms with E-state index in [-0.39, 0.29) is 28.1 Å². The molecule has 0 atom stereocenters. The van der Waals surface area contributed by atoms with E-state index in [1.807, 2.05) is 0 Å². The SMILES string of the molecule is Cc1ccc(-c2cc(C(=O)O)nc3c2ccc2ccc(C(=O)O)nc23)cc1[N+](=O)[O-]. The summed E-state index contributed by atoms with van der Waals surface area (Å²) in [4.78, 5) is 42.2. The zero-order chi connectivity index (χ0) is 21.6. The van der Waals surface area contributed by atoms with Gasteiger partial charge in [-0.3, -0.25) is 10.1 Å². The van der Waals surface area contributed by atoms with Crippen molar-refractivity contribution in [1.29, 1.82) is 0 Å². The van der Waals surface area contributed by atoms with Crippen LogP contribution in [0, 0.1) is 17.0 Å². The molecule has 0 fully saturated rings. The minimum absolute atomic E-state index is 0.0959. The van der Waals surface area contributed by atoms with Crippen molar-refractivity contribution in [3.63, 3.8) is 0 Å². The highest BCUT2D eigenvalue weighted by atomic mass is 16.6. The maximum absolute atomic E-state index is 11.7. The van der Waals surface area contributed by atoms with Crippen molar-refractivity contribution in [2.24, 2.45) is 0 Å². The molecule has 0 aliphatic heterocycles. The molecule has 0 unspecified atom stereocenters. The third kappa shape index (κ3) is 3.08. The van der Waals surface area contributed by atoms with E-state index < -0.39 is 16.9 Å². The number of aromatic carboxylic acids is 2. The van der Waals surface area contributed by atoms with Crippen LogP contribution in [0.5, 0.6) is 0 Å². The number of carbonyl (C=O) groups is 2. The third-order valence-electron chi connectivity index (χ3n) is 4.79. The number of hydrogen-bond donors (Lipinski definition) is 2. The fourth-order valence-electron chi connectivity index (χ4n) is 3.31. The number of nitro groups is 1. The third-order valence-corrected chi connectivity index (χ3v) is 4.79. The molecule has 2 aromatic carbocycles. The standard InChI is InChI=1S/C21H13N3O6/c1-10-2-3-12(8-17(10)24(29)30)14-9-16(21(27)28)23-19-13(14)6-4-11-5-7-15(20(25)26)22-18(11)19/h2-9H,1H3,(H,25,26)(H,27,28). The lowest BCUT2D eigenvalue weighted by molar-refractivity contribution is -0.385. The van der Waals surface area contributed by atoms with Crippen LogP contribution in [0.25, 0.3) is 32.9 Å². The number of nitro benzene ring substituents is 1. The largest absolute Gasteiger partial charge is 0.477 e. The molecule has 2 N–H and O–H groups in total. The lowest BCUT2D eigenvalue weighted by atomic mass is 9.97. The molecule has 0 amide bonds. The molecule has 4 aromatic rings. The minimum atomic E-state index is -1.29. The van der Waals surface area contributed by atoms with E-state index in [0.29, 0.717) is 27.5 Å². The molecule has 4 rings (SSSR count). The molecule has 0 radical (unpaired) electrons. The molecule has 30 heavy (non-hydrogen) atoms. The summed E-state index contributed by atoms with van der Waals surface area (Å²) >= 11 is 0. The average molecular weight is 403 g/mol. The molecule has 2 heterocycles. The lowest BCUT2D eigenvalue weighted by Gasteiger charge is -2.11. The Kier molecular flexibility index (Phi) is 4.35. The second-order valence-electron chi connectivity index (χ2n) is 6.65. The predicted octanol–water partition coefficient (Wildman–Crippen LogP) is 4.06. The van der Waals surface area contributed by atoms with Crippen LogP contribution in [0.1, 0.15) is 26.5 Å².